The Bertz CT molecular complexity index is 185. The van der Waals surface area contributed by atoms with Crippen LogP contribution in [0.15, 0.2) is 36.7 Å². The van der Waals surface area contributed by atoms with Crippen molar-refractivity contribution in [2.45, 2.75) is 13.3 Å². The predicted octanol–water partition coefficient (Wildman–Crippen LogP) is 2.31. The highest BCUT2D eigenvalue weighted by molar-refractivity contribution is 5.07. The van der Waals surface area contributed by atoms with Crippen molar-refractivity contribution in [3.63, 3.8) is 0 Å². The molecular weight excluding hydrogens is 128 g/mol. The van der Waals surface area contributed by atoms with Gasteiger partial charge in [0, 0.05) is 6.42 Å². The monoisotopic (exact) mass is 138 g/mol. The summed E-state index contributed by atoms with van der Waals surface area (Å²) in [5.41, 5.74) is 0. The molecule has 0 fully saturated rings. The third-order valence-corrected chi connectivity index (χ3v) is 1.23. The third-order valence-electron chi connectivity index (χ3n) is 1.23. The molecule has 0 atom stereocenters. The summed E-state index contributed by atoms with van der Waals surface area (Å²) in [6.45, 7) is 5.46. The maximum absolute atomic E-state index is 5.13. The smallest absolute Gasteiger partial charge is 0.145 e. The molecule has 0 aromatic rings. The second-order valence-electron chi connectivity index (χ2n) is 1.98. The van der Waals surface area contributed by atoms with Crippen molar-refractivity contribution < 1.29 is 9.47 Å². The van der Waals surface area contributed by atoms with E-state index < -0.39 is 0 Å². The minimum atomic E-state index is 0.718. The van der Waals surface area contributed by atoms with Gasteiger partial charge in [0.2, 0.25) is 0 Å². The molecule has 54 valence electrons. The second kappa shape index (κ2) is 3.11. The Balaban J connectivity index is 2.61. The van der Waals surface area contributed by atoms with E-state index >= 15 is 0 Å². The van der Waals surface area contributed by atoms with E-state index in [0.29, 0.717) is 0 Å². The highest BCUT2D eigenvalue weighted by Gasteiger charge is 2.04. The summed E-state index contributed by atoms with van der Waals surface area (Å²) in [5.74, 6) is 1.64. The average molecular weight is 138 g/mol. The molecule has 0 N–H and O–H groups in total. The minimum Gasteiger partial charge on any atom is -0.463 e. The standard InChI is InChI=1S/C8H10O2/c1-3-4-8-7(2)9-5-6-10-8/h3,5-6H,1,4H2,2H3. The Kier molecular flexibility index (Phi) is 2.15. The molecule has 1 heterocycles. The van der Waals surface area contributed by atoms with Crippen LogP contribution >= 0.6 is 0 Å². The van der Waals surface area contributed by atoms with E-state index in [2.05, 4.69) is 6.58 Å². The van der Waals surface area contributed by atoms with Crippen molar-refractivity contribution in [2.24, 2.45) is 0 Å². The lowest BCUT2D eigenvalue weighted by Gasteiger charge is -2.12. The molecule has 0 unspecified atom stereocenters. The minimum absolute atomic E-state index is 0.718. The fourth-order valence-corrected chi connectivity index (χ4v) is 0.711. The molecule has 0 saturated heterocycles. The molecule has 0 spiro atoms. The zero-order valence-corrected chi connectivity index (χ0v) is 5.96. The third kappa shape index (κ3) is 1.41. The van der Waals surface area contributed by atoms with E-state index in [1.54, 1.807) is 6.08 Å². The Morgan fingerprint density at radius 2 is 2.20 bits per heavy atom. The van der Waals surface area contributed by atoms with Gasteiger partial charge in [0.05, 0.1) is 0 Å². The van der Waals surface area contributed by atoms with Crippen LogP contribution in [0.3, 0.4) is 0 Å². The first-order valence-corrected chi connectivity index (χ1v) is 3.13. The van der Waals surface area contributed by atoms with Crippen LogP contribution in [-0.4, -0.2) is 0 Å². The first-order chi connectivity index (χ1) is 4.84. The second-order valence-corrected chi connectivity index (χ2v) is 1.98. The summed E-state index contributed by atoms with van der Waals surface area (Å²) in [6, 6.07) is 0. The number of allylic oxidation sites excluding steroid dienone is 2. The van der Waals surface area contributed by atoms with Crippen LogP contribution in [0.25, 0.3) is 0 Å². The van der Waals surface area contributed by atoms with Crippen LogP contribution in [0, 0.1) is 0 Å². The molecule has 0 aromatic heterocycles. The zero-order chi connectivity index (χ0) is 7.40. The molecule has 0 aliphatic carbocycles. The lowest BCUT2D eigenvalue weighted by atomic mass is 10.3. The van der Waals surface area contributed by atoms with Gasteiger partial charge in [-0.15, -0.1) is 6.58 Å². The first-order valence-electron chi connectivity index (χ1n) is 3.13. The van der Waals surface area contributed by atoms with Crippen LogP contribution in [0.2, 0.25) is 0 Å². The molecule has 2 heteroatoms. The molecule has 0 aromatic carbocycles. The van der Waals surface area contributed by atoms with E-state index in [9.17, 15) is 0 Å². The molecule has 1 rings (SSSR count). The van der Waals surface area contributed by atoms with Crippen molar-refractivity contribution >= 4 is 0 Å². The fourth-order valence-electron chi connectivity index (χ4n) is 0.711. The maximum Gasteiger partial charge on any atom is 0.145 e. The highest BCUT2D eigenvalue weighted by Crippen LogP contribution is 2.16. The first kappa shape index (κ1) is 6.93. The van der Waals surface area contributed by atoms with Crippen molar-refractivity contribution in [3.8, 4) is 0 Å². The van der Waals surface area contributed by atoms with Gasteiger partial charge in [-0.2, -0.15) is 0 Å². The van der Waals surface area contributed by atoms with Crippen LogP contribution in [0.4, 0.5) is 0 Å². The van der Waals surface area contributed by atoms with Gasteiger partial charge >= 0.3 is 0 Å². The summed E-state index contributed by atoms with van der Waals surface area (Å²) < 4.78 is 10.2. The highest BCUT2D eigenvalue weighted by atomic mass is 16.5. The Morgan fingerprint density at radius 1 is 1.50 bits per heavy atom. The molecule has 0 saturated carbocycles. The van der Waals surface area contributed by atoms with Gasteiger partial charge in [0.15, 0.2) is 0 Å². The van der Waals surface area contributed by atoms with Gasteiger partial charge in [0.25, 0.3) is 0 Å². The number of ether oxygens (including phenoxy) is 2. The molecule has 2 nitrogen and oxygen atoms in total. The van der Waals surface area contributed by atoms with Crippen LogP contribution < -0.4 is 0 Å². The van der Waals surface area contributed by atoms with Gasteiger partial charge in [-0.25, -0.2) is 0 Å². The molecular formula is C8H10O2. The zero-order valence-electron chi connectivity index (χ0n) is 5.96. The lowest BCUT2D eigenvalue weighted by Crippen LogP contribution is -1.96. The lowest BCUT2D eigenvalue weighted by molar-refractivity contribution is 0.224. The van der Waals surface area contributed by atoms with Crippen molar-refractivity contribution in [1.82, 2.24) is 0 Å². The summed E-state index contributed by atoms with van der Waals surface area (Å²) in [6.07, 6.45) is 5.53. The Labute approximate surface area is 60.4 Å². The summed E-state index contributed by atoms with van der Waals surface area (Å²) in [4.78, 5) is 0. The number of rotatable bonds is 2. The Hall–Kier alpha value is -1.18. The van der Waals surface area contributed by atoms with Crippen molar-refractivity contribution in [2.75, 3.05) is 0 Å². The van der Waals surface area contributed by atoms with Crippen molar-refractivity contribution in [3.05, 3.63) is 36.7 Å². The van der Waals surface area contributed by atoms with Gasteiger partial charge in [-0.1, -0.05) is 6.08 Å². The topological polar surface area (TPSA) is 18.5 Å². The van der Waals surface area contributed by atoms with Crippen LogP contribution in [0.5, 0.6) is 0 Å². The predicted molar refractivity (Wildman–Crippen MR) is 38.8 cm³/mol. The fraction of sp³-hybridized carbons (Fsp3) is 0.250. The molecule has 1 aliphatic rings. The van der Waals surface area contributed by atoms with Crippen molar-refractivity contribution in [1.29, 1.82) is 0 Å². The maximum atomic E-state index is 5.13. The van der Waals surface area contributed by atoms with E-state index in [1.165, 1.54) is 12.5 Å². The number of hydrogen-bond donors (Lipinski definition) is 0. The van der Waals surface area contributed by atoms with E-state index in [1.807, 2.05) is 6.92 Å². The largest absolute Gasteiger partial charge is 0.463 e. The number of hydrogen-bond acceptors (Lipinski definition) is 2. The molecule has 0 radical (unpaired) electrons. The molecule has 0 amide bonds. The summed E-state index contributed by atoms with van der Waals surface area (Å²) >= 11 is 0. The summed E-state index contributed by atoms with van der Waals surface area (Å²) in [7, 11) is 0. The van der Waals surface area contributed by atoms with E-state index in [0.717, 1.165) is 17.9 Å². The molecule has 1 aliphatic heterocycles. The Morgan fingerprint density at radius 3 is 2.80 bits per heavy atom. The van der Waals surface area contributed by atoms with Crippen LogP contribution in [-0.2, 0) is 9.47 Å². The quantitative estimate of drug-likeness (QED) is 0.545. The molecule has 0 bridgehead atoms. The van der Waals surface area contributed by atoms with Gasteiger partial charge in [0.1, 0.15) is 24.0 Å². The average Bonchev–Trinajstić information content (AvgIpc) is 1.94. The normalized spacial score (nSPS) is 16.1. The van der Waals surface area contributed by atoms with Gasteiger partial charge in [-0.3, -0.25) is 0 Å². The SMILES string of the molecule is C=CCC1=C(C)OC=CO1. The molecule has 10 heavy (non-hydrogen) atoms. The summed E-state index contributed by atoms with van der Waals surface area (Å²) in [5, 5.41) is 0. The van der Waals surface area contributed by atoms with Gasteiger partial charge in [-0.05, 0) is 6.92 Å². The van der Waals surface area contributed by atoms with Gasteiger partial charge < -0.3 is 9.47 Å². The van der Waals surface area contributed by atoms with Crippen LogP contribution in [0.1, 0.15) is 13.3 Å². The van der Waals surface area contributed by atoms with E-state index in [4.69, 9.17) is 9.47 Å². The van der Waals surface area contributed by atoms with E-state index in [-0.39, 0.29) is 0 Å².